The molecule has 19 heavy (non-hydrogen) atoms. The fourth-order valence-electron chi connectivity index (χ4n) is 3.05. The fraction of sp³-hybridized carbons (Fsp3) is 0.625. The summed E-state index contributed by atoms with van der Waals surface area (Å²) in [5.74, 6) is 0.881. The topological polar surface area (TPSA) is 15.3 Å². The molecule has 0 spiro atoms. The SMILES string of the molecule is CNC(C)c1cc(Br)ccc1N(C)CC1CCCC1. The van der Waals surface area contributed by atoms with Crippen LogP contribution in [-0.4, -0.2) is 20.6 Å². The summed E-state index contributed by atoms with van der Waals surface area (Å²) in [6, 6.07) is 6.99. The molecular formula is C16H25BrN2. The molecule has 1 fully saturated rings. The molecule has 1 aliphatic rings. The van der Waals surface area contributed by atoms with Gasteiger partial charge < -0.3 is 10.2 Å². The summed E-state index contributed by atoms with van der Waals surface area (Å²) in [4.78, 5) is 2.44. The highest BCUT2D eigenvalue weighted by molar-refractivity contribution is 9.10. The average molecular weight is 325 g/mol. The highest BCUT2D eigenvalue weighted by Crippen LogP contribution is 2.31. The second-order valence-corrected chi connectivity index (χ2v) is 6.66. The zero-order chi connectivity index (χ0) is 13.8. The third-order valence-corrected chi connectivity index (χ3v) is 4.80. The molecule has 1 atom stereocenters. The van der Waals surface area contributed by atoms with E-state index in [0.29, 0.717) is 6.04 Å². The summed E-state index contributed by atoms with van der Waals surface area (Å²) in [6.07, 6.45) is 5.63. The predicted octanol–water partition coefficient (Wildman–Crippen LogP) is 4.36. The molecule has 0 radical (unpaired) electrons. The first kappa shape index (κ1) is 14.9. The average Bonchev–Trinajstić information content (AvgIpc) is 2.90. The maximum atomic E-state index is 3.58. The van der Waals surface area contributed by atoms with Gasteiger partial charge >= 0.3 is 0 Å². The number of halogens is 1. The zero-order valence-corrected chi connectivity index (χ0v) is 13.8. The van der Waals surface area contributed by atoms with Gasteiger partial charge in [-0.2, -0.15) is 0 Å². The van der Waals surface area contributed by atoms with Gasteiger partial charge in [0.25, 0.3) is 0 Å². The Morgan fingerprint density at radius 2 is 2.05 bits per heavy atom. The van der Waals surface area contributed by atoms with Crippen LogP contribution >= 0.6 is 15.9 Å². The molecule has 2 rings (SSSR count). The second kappa shape index (κ2) is 6.76. The highest BCUT2D eigenvalue weighted by atomic mass is 79.9. The lowest BCUT2D eigenvalue weighted by Gasteiger charge is -2.27. The molecule has 1 N–H and O–H groups in total. The third kappa shape index (κ3) is 3.73. The van der Waals surface area contributed by atoms with Gasteiger partial charge in [0.2, 0.25) is 0 Å². The minimum absolute atomic E-state index is 0.374. The van der Waals surface area contributed by atoms with E-state index in [1.54, 1.807) is 0 Å². The van der Waals surface area contributed by atoms with Crippen molar-refractivity contribution in [3.8, 4) is 0 Å². The Morgan fingerprint density at radius 3 is 2.68 bits per heavy atom. The summed E-state index contributed by atoms with van der Waals surface area (Å²) in [5, 5.41) is 3.35. The molecule has 0 heterocycles. The molecule has 0 aromatic heterocycles. The van der Waals surface area contributed by atoms with Gasteiger partial charge in [0.15, 0.2) is 0 Å². The normalized spacial score (nSPS) is 17.7. The van der Waals surface area contributed by atoms with Crippen molar-refractivity contribution < 1.29 is 0 Å². The van der Waals surface area contributed by atoms with Crippen LogP contribution in [0.2, 0.25) is 0 Å². The van der Waals surface area contributed by atoms with E-state index >= 15 is 0 Å². The van der Waals surface area contributed by atoms with Crippen LogP contribution in [0.4, 0.5) is 5.69 Å². The molecule has 2 nitrogen and oxygen atoms in total. The quantitative estimate of drug-likeness (QED) is 0.865. The zero-order valence-electron chi connectivity index (χ0n) is 12.2. The lowest BCUT2D eigenvalue weighted by molar-refractivity contribution is 0.544. The monoisotopic (exact) mass is 324 g/mol. The van der Waals surface area contributed by atoms with Crippen molar-refractivity contribution >= 4 is 21.6 Å². The van der Waals surface area contributed by atoms with E-state index in [2.05, 4.69) is 58.3 Å². The van der Waals surface area contributed by atoms with Crippen molar-refractivity contribution in [3.63, 3.8) is 0 Å². The molecule has 0 amide bonds. The first-order valence-corrected chi connectivity index (χ1v) is 8.09. The third-order valence-electron chi connectivity index (χ3n) is 4.31. The Balaban J connectivity index is 2.17. The Kier molecular flexibility index (Phi) is 5.28. The van der Waals surface area contributed by atoms with E-state index in [9.17, 15) is 0 Å². The van der Waals surface area contributed by atoms with Crippen LogP contribution in [0.3, 0.4) is 0 Å². The summed E-state index contributed by atoms with van der Waals surface area (Å²) >= 11 is 3.58. The van der Waals surface area contributed by atoms with Crippen LogP contribution in [-0.2, 0) is 0 Å². The number of rotatable bonds is 5. The molecular weight excluding hydrogens is 300 g/mol. The smallest absolute Gasteiger partial charge is 0.0412 e. The number of nitrogens with zero attached hydrogens (tertiary/aromatic N) is 1. The number of benzene rings is 1. The molecule has 0 saturated heterocycles. The molecule has 3 heteroatoms. The molecule has 0 aliphatic heterocycles. The minimum atomic E-state index is 0.374. The van der Waals surface area contributed by atoms with Gasteiger partial charge in [-0.15, -0.1) is 0 Å². The van der Waals surface area contributed by atoms with E-state index in [-0.39, 0.29) is 0 Å². The number of hydrogen-bond donors (Lipinski definition) is 1. The van der Waals surface area contributed by atoms with Crippen molar-refractivity contribution in [3.05, 3.63) is 28.2 Å². The van der Waals surface area contributed by atoms with Crippen LogP contribution in [0.25, 0.3) is 0 Å². The molecule has 1 unspecified atom stereocenters. The van der Waals surface area contributed by atoms with Crippen LogP contribution in [0.15, 0.2) is 22.7 Å². The number of anilines is 1. The fourth-order valence-corrected chi connectivity index (χ4v) is 3.43. The van der Waals surface area contributed by atoms with Gasteiger partial charge in [-0.1, -0.05) is 28.8 Å². The van der Waals surface area contributed by atoms with Gasteiger partial charge in [0, 0.05) is 29.8 Å². The van der Waals surface area contributed by atoms with E-state index < -0.39 is 0 Å². The maximum Gasteiger partial charge on any atom is 0.0412 e. The van der Waals surface area contributed by atoms with Crippen molar-refractivity contribution in [1.82, 2.24) is 5.32 Å². The number of nitrogens with one attached hydrogen (secondary N) is 1. The van der Waals surface area contributed by atoms with Crippen LogP contribution in [0.5, 0.6) is 0 Å². The van der Waals surface area contributed by atoms with Crippen LogP contribution in [0, 0.1) is 5.92 Å². The Labute approximate surface area is 125 Å². The molecule has 1 aliphatic carbocycles. The molecule has 1 aromatic carbocycles. The van der Waals surface area contributed by atoms with Crippen molar-refractivity contribution in [2.24, 2.45) is 5.92 Å². The Morgan fingerprint density at radius 1 is 1.37 bits per heavy atom. The summed E-state index contributed by atoms with van der Waals surface area (Å²) < 4.78 is 1.16. The van der Waals surface area contributed by atoms with Crippen LogP contribution < -0.4 is 10.2 Å². The van der Waals surface area contributed by atoms with Gasteiger partial charge in [0.05, 0.1) is 0 Å². The Hall–Kier alpha value is -0.540. The molecule has 106 valence electrons. The first-order valence-electron chi connectivity index (χ1n) is 7.29. The van der Waals surface area contributed by atoms with Crippen molar-refractivity contribution in [1.29, 1.82) is 0 Å². The summed E-state index contributed by atoms with van der Waals surface area (Å²) in [6.45, 7) is 3.40. The lowest BCUT2D eigenvalue weighted by Crippen LogP contribution is -2.26. The standard InChI is InChI=1S/C16H25BrN2/c1-12(18-2)15-10-14(17)8-9-16(15)19(3)11-13-6-4-5-7-13/h8-10,12-13,18H,4-7,11H2,1-3H3. The largest absolute Gasteiger partial charge is 0.374 e. The number of hydrogen-bond acceptors (Lipinski definition) is 2. The maximum absolute atomic E-state index is 3.58. The van der Waals surface area contributed by atoms with Gasteiger partial charge in [0.1, 0.15) is 0 Å². The first-order chi connectivity index (χ1) is 9.11. The minimum Gasteiger partial charge on any atom is -0.374 e. The molecule has 0 bridgehead atoms. The van der Waals surface area contributed by atoms with Crippen molar-refractivity contribution in [2.45, 2.75) is 38.6 Å². The summed E-state index contributed by atoms with van der Waals surface area (Å²) in [7, 11) is 4.25. The highest BCUT2D eigenvalue weighted by Gasteiger charge is 2.19. The summed E-state index contributed by atoms with van der Waals surface area (Å²) in [5.41, 5.74) is 2.73. The van der Waals surface area contributed by atoms with E-state index in [1.165, 1.54) is 43.5 Å². The molecule has 1 aromatic rings. The van der Waals surface area contributed by atoms with E-state index in [0.717, 1.165) is 10.4 Å². The van der Waals surface area contributed by atoms with Gasteiger partial charge in [-0.05, 0) is 56.5 Å². The second-order valence-electron chi connectivity index (χ2n) is 5.74. The van der Waals surface area contributed by atoms with E-state index in [1.807, 2.05) is 7.05 Å². The van der Waals surface area contributed by atoms with Gasteiger partial charge in [-0.25, -0.2) is 0 Å². The van der Waals surface area contributed by atoms with Crippen molar-refractivity contribution in [2.75, 3.05) is 25.5 Å². The van der Waals surface area contributed by atoms with E-state index in [4.69, 9.17) is 0 Å². The predicted molar refractivity (Wildman–Crippen MR) is 86.8 cm³/mol. The Bertz CT molecular complexity index is 413. The molecule has 1 saturated carbocycles. The van der Waals surface area contributed by atoms with Crippen LogP contribution in [0.1, 0.15) is 44.2 Å². The lowest BCUT2D eigenvalue weighted by atomic mass is 10.0. The van der Waals surface area contributed by atoms with Gasteiger partial charge in [-0.3, -0.25) is 0 Å².